The minimum Gasteiger partial charge on any atom is -0.504 e. The third-order valence-corrected chi connectivity index (χ3v) is 1.62. The maximum absolute atomic E-state index is 10.2. The van der Waals surface area contributed by atoms with Crippen LogP contribution in [-0.2, 0) is 15.2 Å². The van der Waals surface area contributed by atoms with Crippen LogP contribution in [0, 0.1) is 0 Å². The number of phenolic OH excluding ortho intramolecular Hbond substituents is 1. The van der Waals surface area contributed by atoms with E-state index >= 15 is 0 Å². The number of carboxylic acids is 1. The monoisotopic (exact) mass is 292 g/mol. The van der Waals surface area contributed by atoms with E-state index in [1.165, 1.54) is 19.3 Å². The van der Waals surface area contributed by atoms with Gasteiger partial charge in [0.15, 0.2) is 11.5 Å². The van der Waals surface area contributed by atoms with E-state index in [2.05, 4.69) is 0 Å². The number of aliphatic carboxylic acids is 1. The van der Waals surface area contributed by atoms with Gasteiger partial charge in [0.2, 0.25) is 0 Å². The van der Waals surface area contributed by atoms with Crippen molar-refractivity contribution in [2.24, 2.45) is 0 Å². The lowest BCUT2D eigenvalue weighted by molar-refractivity contribution is -0.131. The predicted octanol–water partition coefficient (Wildman–Crippen LogP) is 0.846. The van der Waals surface area contributed by atoms with Gasteiger partial charge in [-0.2, -0.15) is 8.42 Å². The minimum absolute atomic E-state index is 0.0278. The Morgan fingerprint density at radius 2 is 1.84 bits per heavy atom. The second-order valence-corrected chi connectivity index (χ2v) is 3.95. The maximum atomic E-state index is 10.2. The van der Waals surface area contributed by atoms with Crippen molar-refractivity contribution in [2.75, 3.05) is 7.11 Å². The van der Waals surface area contributed by atoms with Crippen molar-refractivity contribution in [2.45, 2.75) is 0 Å². The molecule has 0 bridgehead atoms. The van der Waals surface area contributed by atoms with Gasteiger partial charge in [0.1, 0.15) is 0 Å². The molecule has 0 spiro atoms. The molecule has 0 aromatic heterocycles. The summed E-state index contributed by atoms with van der Waals surface area (Å²) in [6.45, 7) is 0. The highest BCUT2D eigenvalue weighted by atomic mass is 32.3. The van der Waals surface area contributed by atoms with E-state index < -0.39 is 16.4 Å². The fourth-order valence-electron chi connectivity index (χ4n) is 0.965. The first-order chi connectivity index (χ1) is 8.63. The van der Waals surface area contributed by atoms with E-state index in [-0.39, 0.29) is 5.75 Å². The number of methoxy groups -OCH3 is 1. The van der Waals surface area contributed by atoms with Crippen LogP contribution in [-0.4, -0.2) is 40.8 Å². The second-order valence-electron chi connectivity index (χ2n) is 3.05. The highest BCUT2D eigenvalue weighted by Gasteiger charge is 2.00. The molecule has 0 saturated carbocycles. The Balaban J connectivity index is 0.000000555. The molecule has 106 valence electrons. The third kappa shape index (κ3) is 9.59. The van der Waals surface area contributed by atoms with Crippen molar-refractivity contribution in [3.8, 4) is 11.5 Å². The van der Waals surface area contributed by atoms with Crippen LogP contribution in [0.1, 0.15) is 5.56 Å². The molecule has 0 saturated heterocycles. The molecule has 0 amide bonds. The standard InChI is InChI=1S/C10H10O4.H2O4S/c1-14-9-6-7(2-4-8(9)11)3-5-10(12)13;1-5(2,3)4/h2-6,11H,1H3,(H,12,13);(H2,1,2,3,4)/b5-3+;. The molecule has 0 aliphatic carbocycles. The van der Waals surface area contributed by atoms with E-state index in [0.717, 1.165) is 6.08 Å². The number of hydrogen-bond donors (Lipinski definition) is 4. The summed E-state index contributed by atoms with van der Waals surface area (Å²) < 4.78 is 36.4. The SMILES string of the molecule is COc1cc(/C=C/C(=O)O)ccc1O.O=S(=O)(O)O. The minimum atomic E-state index is -4.67. The molecule has 19 heavy (non-hydrogen) atoms. The Morgan fingerprint density at radius 1 is 1.32 bits per heavy atom. The van der Waals surface area contributed by atoms with Crippen LogP contribution in [0.3, 0.4) is 0 Å². The zero-order chi connectivity index (χ0) is 15.1. The van der Waals surface area contributed by atoms with Crippen LogP contribution in [0.15, 0.2) is 24.3 Å². The van der Waals surface area contributed by atoms with E-state index in [1.807, 2.05) is 0 Å². The highest BCUT2D eigenvalue weighted by Crippen LogP contribution is 2.26. The Hall–Kier alpha value is -2.10. The molecule has 1 aromatic rings. The topological polar surface area (TPSA) is 141 Å². The van der Waals surface area contributed by atoms with Gasteiger partial charge in [-0.1, -0.05) is 6.07 Å². The molecule has 0 radical (unpaired) electrons. The lowest BCUT2D eigenvalue weighted by Crippen LogP contribution is -1.89. The Labute approximate surface area is 109 Å². The lowest BCUT2D eigenvalue weighted by atomic mass is 10.2. The van der Waals surface area contributed by atoms with E-state index in [4.69, 9.17) is 27.4 Å². The number of benzene rings is 1. The molecular formula is C10H12O8S. The summed E-state index contributed by atoms with van der Waals surface area (Å²) in [4.78, 5) is 10.2. The van der Waals surface area contributed by atoms with Crippen LogP contribution < -0.4 is 4.74 Å². The van der Waals surface area contributed by atoms with Gasteiger partial charge in [0.05, 0.1) is 7.11 Å². The zero-order valence-electron chi connectivity index (χ0n) is 9.72. The number of carboxylic acid groups (broad SMARTS) is 1. The van der Waals surface area contributed by atoms with Gasteiger partial charge in [0, 0.05) is 6.08 Å². The van der Waals surface area contributed by atoms with Crippen LogP contribution in [0.4, 0.5) is 0 Å². The number of hydrogen-bond acceptors (Lipinski definition) is 5. The van der Waals surface area contributed by atoms with Gasteiger partial charge >= 0.3 is 16.4 Å². The average Bonchev–Trinajstić information content (AvgIpc) is 2.25. The van der Waals surface area contributed by atoms with Gasteiger partial charge < -0.3 is 14.9 Å². The van der Waals surface area contributed by atoms with Crippen molar-refractivity contribution in [1.82, 2.24) is 0 Å². The average molecular weight is 292 g/mol. The fraction of sp³-hybridized carbons (Fsp3) is 0.100. The maximum Gasteiger partial charge on any atom is 0.394 e. The third-order valence-electron chi connectivity index (χ3n) is 1.62. The fourth-order valence-corrected chi connectivity index (χ4v) is 0.965. The summed E-state index contributed by atoms with van der Waals surface area (Å²) in [5.74, 6) is -0.672. The van der Waals surface area contributed by atoms with Crippen molar-refractivity contribution in [3.05, 3.63) is 29.8 Å². The molecule has 0 fully saturated rings. The molecule has 9 heteroatoms. The smallest absolute Gasteiger partial charge is 0.394 e. The van der Waals surface area contributed by atoms with E-state index in [1.54, 1.807) is 12.1 Å². The molecule has 1 aromatic carbocycles. The molecule has 0 aliphatic heterocycles. The largest absolute Gasteiger partial charge is 0.504 e. The predicted molar refractivity (Wildman–Crippen MR) is 65.5 cm³/mol. The van der Waals surface area contributed by atoms with Crippen molar-refractivity contribution < 1.29 is 37.3 Å². The molecule has 8 nitrogen and oxygen atoms in total. The molecule has 4 N–H and O–H groups in total. The van der Waals surface area contributed by atoms with Crippen LogP contribution in [0.5, 0.6) is 11.5 Å². The van der Waals surface area contributed by atoms with Crippen LogP contribution in [0.2, 0.25) is 0 Å². The van der Waals surface area contributed by atoms with Crippen molar-refractivity contribution in [3.63, 3.8) is 0 Å². The lowest BCUT2D eigenvalue weighted by Gasteiger charge is -2.03. The summed E-state index contributed by atoms with van der Waals surface area (Å²) >= 11 is 0. The molecular weight excluding hydrogens is 280 g/mol. The van der Waals surface area contributed by atoms with Crippen LogP contribution >= 0.6 is 0 Å². The molecule has 0 heterocycles. The summed E-state index contributed by atoms with van der Waals surface area (Å²) in [7, 11) is -3.24. The first kappa shape index (κ1) is 16.9. The van der Waals surface area contributed by atoms with Crippen molar-refractivity contribution in [1.29, 1.82) is 0 Å². The molecule has 1 rings (SSSR count). The number of phenols is 1. The Bertz CT molecular complexity index is 553. The van der Waals surface area contributed by atoms with Gasteiger partial charge in [-0.3, -0.25) is 9.11 Å². The van der Waals surface area contributed by atoms with Crippen molar-refractivity contribution >= 4 is 22.4 Å². The Morgan fingerprint density at radius 3 is 2.26 bits per heavy atom. The highest BCUT2D eigenvalue weighted by molar-refractivity contribution is 7.79. The summed E-state index contributed by atoms with van der Waals surface area (Å²) in [5, 5.41) is 17.6. The number of aromatic hydroxyl groups is 1. The molecule has 0 unspecified atom stereocenters. The number of ether oxygens (including phenoxy) is 1. The zero-order valence-corrected chi connectivity index (χ0v) is 10.5. The van der Waals surface area contributed by atoms with Gasteiger partial charge in [-0.05, 0) is 23.8 Å². The first-order valence-corrected chi connectivity index (χ1v) is 6.01. The summed E-state index contributed by atoms with van der Waals surface area (Å²) in [6, 6.07) is 4.59. The van der Waals surface area contributed by atoms with Gasteiger partial charge in [-0.25, -0.2) is 4.79 Å². The normalized spacial score (nSPS) is 10.7. The summed E-state index contributed by atoms with van der Waals surface area (Å²) in [5.41, 5.74) is 0.655. The second kappa shape index (κ2) is 7.36. The number of carbonyl (C=O) groups is 1. The van der Waals surface area contributed by atoms with Crippen LogP contribution in [0.25, 0.3) is 6.08 Å². The Kier molecular flexibility index (Phi) is 6.55. The van der Waals surface area contributed by atoms with E-state index in [0.29, 0.717) is 11.3 Å². The quantitative estimate of drug-likeness (QED) is 0.474. The number of rotatable bonds is 3. The first-order valence-electron chi connectivity index (χ1n) is 4.61. The summed E-state index contributed by atoms with van der Waals surface area (Å²) in [6.07, 6.45) is 2.44. The van der Waals surface area contributed by atoms with Gasteiger partial charge in [0.25, 0.3) is 0 Å². The van der Waals surface area contributed by atoms with E-state index in [9.17, 15) is 9.90 Å². The molecule has 0 atom stereocenters. The van der Waals surface area contributed by atoms with Gasteiger partial charge in [-0.15, -0.1) is 0 Å². The molecule has 0 aliphatic rings.